The number of benzene rings is 7. The SMILES string of the molecule is COc1ccc(N(c2ccc(-c3ccc(C4C=CC=CC4C)cc3)cc2)c2ccc3c(c2)C(C)(C)c2cc(-n4c5ccccc5c5ccccc54)ccc2-3)cc1. The molecule has 10 rings (SSSR count). The molecule has 1 aromatic heterocycles. The van der Waals surface area contributed by atoms with E-state index in [-0.39, 0.29) is 5.41 Å². The molecule has 0 aliphatic heterocycles. The van der Waals surface area contributed by atoms with E-state index in [1.54, 1.807) is 7.11 Å². The number of para-hydroxylation sites is 2. The number of aromatic nitrogens is 1. The molecule has 0 amide bonds. The van der Waals surface area contributed by atoms with E-state index in [1.807, 2.05) is 12.1 Å². The topological polar surface area (TPSA) is 17.4 Å². The van der Waals surface area contributed by atoms with E-state index in [1.165, 1.54) is 66.4 Å². The van der Waals surface area contributed by atoms with Crippen LogP contribution in [0.25, 0.3) is 49.7 Å². The third-order valence-corrected chi connectivity index (χ3v) is 12.2. The first-order valence-corrected chi connectivity index (χ1v) is 19.7. The predicted octanol–water partition coefficient (Wildman–Crippen LogP) is 14.1. The zero-order valence-electron chi connectivity index (χ0n) is 32.3. The van der Waals surface area contributed by atoms with Gasteiger partial charge in [-0.2, -0.15) is 0 Å². The van der Waals surface area contributed by atoms with E-state index in [4.69, 9.17) is 4.74 Å². The Morgan fingerprint density at radius 1 is 0.554 bits per heavy atom. The monoisotopic (exact) mass is 724 g/mol. The van der Waals surface area contributed by atoms with Crippen molar-refractivity contribution in [1.29, 1.82) is 0 Å². The molecule has 3 heteroatoms. The Balaban J connectivity index is 1.02. The van der Waals surface area contributed by atoms with Gasteiger partial charge in [-0.1, -0.05) is 130 Å². The van der Waals surface area contributed by atoms with Crippen molar-refractivity contribution in [2.75, 3.05) is 12.0 Å². The van der Waals surface area contributed by atoms with Gasteiger partial charge in [-0.25, -0.2) is 0 Å². The van der Waals surface area contributed by atoms with Gasteiger partial charge in [0.25, 0.3) is 0 Å². The molecule has 0 fully saturated rings. The van der Waals surface area contributed by atoms with Gasteiger partial charge in [-0.3, -0.25) is 0 Å². The van der Waals surface area contributed by atoms with Crippen molar-refractivity contribution < 1.29 is 4.74 Å². The third-order valence-electron chi connectivity index (χ3n) is 12.2. The highest BCUT2D eigenvalue weighted by molar-refractivity contribution is 6.09. The first kappa shape index (κ1) is 33.9. The van der Waals surface area contributed by atoms with Gasteiger partial charge >= 0.3 is 0 Å². The number of ether oxygens (including phenoxy) is 1. The highest BCUT2D eigenvalue weighted by Gasteiger charge is 2.36. The minimum atomic E-state index is -0.210. The van der Waals surface area contributed by atoms with Crippen LogP contribution in [0.5, 0.6) is 5.75 Å². The molecule has 2 aliphatic carbocycles. The van der Waals surface area contributed by atoms with Crippen molar-refractivity contribution in [3.63, 3.8) is 0 Å². The summed E-state index contributed by atoms with van der Waals surface area (Å²) in [5.41, 5.74) is 15.8. The van der Waals surface area contributed by atoms with Crippen LogP contribution < -0.4 is 9.64 Å². The van der Waals surface area contributed by atoms with Crippen LogP contribution in [0.1, 0.15) is 43.4 Å². The van der Waals surface area contributed by atoms with Crippen LogP contribution in [0.15, 0.2) is 182 Å². The maximum atomic E-state index is 5.56. The predicted molar refractivity (Wildman–Crippen MR) is 235 cm³/mol. The van der Waals surface area contributed by atoms with E-state index < -0.39 is 0 Å². The second-order valence-corrected chi connectivity index (χ2v) is 15.8. The Hall–Kier alpha value is -6.58. The number of allylic oxidation sites excluding steroid dienone is 4. The van der Waals surface area contributed by atoms with Crippen molar-refractivity contribution in [1.82, 2.24) is 4.57 Å². The van der Waals surface area contributed by atoms with Gasteiger partial charge in [0.05, 0.1) is 18.1 Å². The first-order valence-electron chi connectivity index (χ1n) is 19.7. The maximum Gasteiger partial charge on any atom is 0.119 e. The van der Waals surface area contributed by atoms with Crippen LogP contribution in [0.3, 0.4) is 0 Å². The number of methoxy groups -OCH3 is 1. The summed E-state index contributed by atoms with van der Waals surface area (Å²) in [7, 11) is 1.72. The minimum absolute atomic E-state index is 0.210. The van der Waals surface area contributed by atoms with Crippen molar-refractivity contribution >= 4 is 38.9 Å². The minimum Gasteiger partial charge on any atom is -0.497 e. The van der Waals surface area contributed by atoms with Gasteiger partial charge in [0.2, 0.25) is 0 Å². The summed E-state index contributed by atoms with van der Waals surface area (Å²) in [6.45, 7) is 7.03. The van der Waals surface area contributed by atoms with Crippen LogP contribution in [0, 0.1) is 5.92 Å². The molecule has 0 spiro atoms. The number of fused-ring (bicyclic) bond motifs is 6. The van der Waals surface area contributed by atoms with E-state index in [0.29, 0.717) is 11.8 Å². The van der Waals surface area contributed by atoms with Gasteiger partial charge < -0.3 is 14.2 Å². The molecule has 0 saturated carbocycles. The lowest BCUT2D eigenvalue weighted by Crippen LogP contribution is -2.17. The van der Waals surface area contributed by atoms with Gasteiger partial charge in [0.15, 0.2) is 0 Å². The lowest BCUT2D eigenvalue weighted by molar-refractivity contribution is 0.415. The molecule has 0 radical (unpaired) electrons. The Bertz CT molecular complexity index is 2770. The third kappa shape index (κ3) is 5.49. The van der Waals surface area contributed by atoms with E-state index in [0.717, 1.165) is 22.8 Å². The number of rotatable bonds is 7. The molecule has 1 heterocycles. The van der Waals surface area contributed by atoms with Crippen LogP contribution in [-0.4, -0.2) is 11.7 Å². The van der Waals surface area contributed by atoms with E-state index in [2.05, 4.69) is 200 Å². The lowest BCUT2D eigenvalue weighted by atomic mass is 9.82. The fourth-order valence-corrected chi connectivity index (χ4v) is 9.20. The van der Waals surface area contributed by atoms with E-state index >= 15 is 0 Å². The quantitative estimate of drug-likeness (QED) is 0.163. The molecule has 3 nitrogen and oxygen atoms in total. The van der Waals surface area contributed by atoms with Crippen molar-refractivity contribution in [2.45, 2.75) is 32.1 Å². The van der Waals surface area contributed by atoms with Crippen LogP contribution in [0.2, 0.25) is 0 Å². The van der Waals surface area contributed by atoms with Crippen LogP contribution in [0.4, 0.5) is 17.1 Å². The maximum absolute atomic E-state index is 5.56. The number of nitrogens with zero attached hydrogens (tertiary/aromatic N) is 2. The molecule has 272 valence electrons. The summed E-state index contributed by atoms with van der Waals surface area (Å²) in [4.78, 5) is 2.36. The smallest absolute Gasteiger partial charge is 0.119 e. The highest BCUT2D eigenvalue weighted by atomic mass is 16.5. The molecule has 7 aromatic carbocycles. The summed E-state index contributed by atoms with van der Waals surface area (Å²) in [5.74, 6) is 1.75. The van der Waals surface area contributed by atoms with Crippen LogP contribution >= 0.6 is 0 Å². The molecule has 0 N–H and O–H groups in total. The number of hydrogen-bond donors (Lipinski definition) is 0. The van der Waals surface area contributed by atoms with Crippen molar-refractivity contribution in [3.05, 3.63) is 199 Å². The Morgan fingerprint density at radius 3 is 1.71 bits per heavy atom. The fraction of sp³-hybridized carbons (Fsp3) is 0.132. The second-order valence-electron chi connectivity index (χ2n) is 15.8. The lowest BCUT2D eigenvalue weighted by Gasteiger charge is -2.28. The summed E-state index contributed by atoms with van der Waals surface area (Å²) in [6.07, 6.45) is 8.91. The normalized spacial score (nSPS) is 16.6. The highest BCUT2D eigenvalue weighted by Crippen LogP contribution is 2.51. The molecule has 0 saturated heterocycles. The largest absolute Gasteiger partial charge is 0.497 e. The first-order chi connectivity index (χ1) is 27.4. The van der Waals surface area contributed by atoms with Crippen molar-refractivity contribution in [3.8, 4) is 33.7 Å². The Morgan fingerprint density at radius 2 is 1.09 bits per heavy atom. The molecule has 2 unspecified atom stereocenters. The van der Waals surface area contributed by atoms with Crippen molar-refractivity contribution in [2.24, 2.45) is 5.92 Å². The molecule has 56 heavy (non-hydrogen) atoms. The Labute approximate surface area is 329 Å². The molecular formula is C53H44N2O. The standard InChI is InChI=1S/C53H44N2O/c1-35-11-5-6-12-44(35)38-19-17-36(18-20-38)37-21-23-39(24-22-37)54(40-25-29-43(56-4)30-26-40)41-27-31-45-46-32-28-42(34-50(46)53(2,3)49(45)33-41)55-51-15-9-7-13-47(51)48-14-8-10-16-52(48)55/h5-35,44H,1-4H3. The second kappa shape index (κ2) is 13.3. The molecule has 0 bridgehead atoms. The summed E-state index contributed by atoms with van der Waals surface area (Å²) < 4.78 is 7.98. The number of anilines is 3. The summed E-state index contributed by atoms with van der Waals surface area (Å²) in [6, 6.07) is 58.0. The van der Waals surface area contributed by atoms with Gasteiger partial charge in [-0.15, -0.1) is 0 Å². The molecule has 8 aromatic rings. The molecular weight excluding hydrogens is 681 g/mol. The fourth-order valence-electron chi connectivity index (χ4n) is 9.20. The Kier molecular flexibility index (Phi) is 8.07. The van der Waals surface area contributed by atoms with Gasteiger partial charge in [0, 0.05) is 44.9 Å². The molecule has 2 aliphatic rings. The average molecular weight is 725 g/mol. The molecule has 2 atom stereocenters. The zero-order valence-corrected chi connectivity index (χ0v) is 32.3. The average Bonchev–Trinajstić information content (AvgIpc) is 3.69. The van der Waals surface area contributed by atoms with Gasteiger partial charge in [-0.05, 0) is 118 Å². The zero-order chi connectivity index (χ0) is 38.0. The number of hydrogen-bond acceptors (Lipinski definition) is 2. The summed E-state index contributed by atoms with van der Waals surface area (Å²) >= 11 is 0. The van der Waals surface area contributed by atoms with Crippen LogP contribution in [-0.2, 0) is 5.41 Å². The van der Waals surface area contributed by atoms with Gasteiger partial charge in [0.1, 0.15) is 5.75 Å². The van der Waals surface area contributed by atoms with E-state index in [9.17, 15) is 0 Å². The summed E-state index contributed by atoms with van der Waals surface area (Å²) in [5, 5.41) is 2.56.